The molecule has 62 heavy (non-hydrogen) atoms. The third kappa shape index (κ3) is 5.05. The van der Waals surface area contributed by atoms with Gasteiger partial charge in [0.25, 0.3) is 0 Å². The van der Waals surface area contributed by atoms with Crippen molar-refractivity contribution in [1.29, 1.82) is 0 Å². The lowest BCUT2D eigenvalue weighted by atomic mass is 9.59. The first-order valence-corrected chi connectivity index (χ1v) is 22.4. The van der Waals surface area contributed by atoms with Crippen molar-refractivity contribution < 1.29 is 0 Å². The number of hydrogen-bond donors (Lipinski definition) is 0. The van der Waals surface area contributed by atoms with Crippen LogP contribution in [-0.4, -0.2) is 0 Å². The van der Waals surface area contributed by atoms with Crippen LogP contribution in [0.2, 0.25) is 0 Å². The second-order valence-electron chi connectivity index (χ2n) is 16.7. The minimum atomic E-state index is -0.490. The van der Waals surface area contributed by atoms with Gasteiger partial charge < -0.3 is 4.90 Å². The number of rotatable bonds is 5. The second kappa shape index (κ2) is 13.8. The maximum Gasteiger partial charge on any atom is 0.0735 e. The molecule has 0 radical (unpaired) electrons. The molecule has 0 bridgehead atoms. The van der Waals surface area contributed by atoms with Crippen molar-refractivity contribution in [2.24, 2.45) is 0 Å². The van der Waals surface area contributed by atoms with E-state index in [1.807, 2.05) is 11.8 Å². The van der Waals surface area contributed by atoms with Gasteiger partial charge in [-0.25, -0.2) is 0 Å². The van der Waals surface area contributed by atoms with Gasteiger partial charge in [0.1, 0.15) is 0 Å². The van der Waals surface area contributed by atoms with Crippen LogP contribution in [0.3, 0.4) is 0 Å². The van der Waals surface area contributed by atoms with E-state index in [1.165, 1.54) is 92.9 Å². The molecule has 2 unspecified atom stereocenters. The van der Waals surface area contributed by atoms with Gasteiger partial charge in [-0.05, 0) is 126 Å². The molecule has 1 nitrogen and oxygen atoms in total. The van der Waals surface area contributed by atoms with Gasteiger partial charge in [-0.15, -0.1) is 0 Å². The van der Waals surface area contributed by atoms with Crippen LogP contribution in [0.4, 0.5) is 17.1 Å². The highest BCUT2D eigenvalue weighted by atomic mass is 32.2. The minimum absolute atomic E-state index is 0.0857. The van der Waals surface area contributed by atoms with Crippen molar-refractivity contribution in [3.05, 3.63) is 269 Å². The summed E-state index contributed by atoms with van der Waals surface area (Å²) in [5.74, 6) is 0.0857. The fourth-order valence-electron chi connectivity index (χ4n) is 11.1. The number of fused-ring (bicyclic) bond motifs is 11. The highest BCUT2D eigenvalue weighted by molar-refractivity contribution is 7.99. The number of anilines is 3. The summed E-state index contributed by atoms with van der Waals surface area (Å²) in [5.41, 5.74) is 20.0. The third-order valence-corrected chi connectivity index (χ3v) is 14.7. The van der Waals surface area contributed by atoms with Crippen molar-refractivity contribution in [3.63, 3.8) is 0 Å². The second-order valence-corrected chi connectivity index (χ2v) is 17.8. The van der Waals surface area contributed by atoms with Gasteiger partial charge in [0.2, 0.25) is 0 Å². The maximum atomic E-state index is 2.47. The Kier molecular flexibility index (Phi) is 7.89. The van der Waals surface area contributed by atoms with Crippen LogP contribution in [-0.2, 0) is 5.41 Å². The molecule has 13 rings (SSSR count). The van der Waals surface area contributed by atoms with E-state index in [2.05, 4.69) is 235 Å². The van der Waals surface area contributed by atoms with E-state index in [0.717, 1.165) is 17.1 Å². The lowest BCUT2D eigenvalue weighted by Gasteiger charge is -2.46. The zero-order valence-corrected chi connectivity index (χ0v) is 34.7. The maximum absolute atomic E-state index is 2.47. The van der Waals surface area contributed by atoms with Gasteiger partial charge in [-0.2, -0.15) is 0 Å². The Morgan fingerprint density at radius 3 is 1.73 bits per heavy atom. The first-order chi connectivity index (χ1) is 30.8. The highest BCUT2D eigenvalue weighted by Gasteiger charge is 2.48. The minimum Gasteiger partial charge on any atom is -0.310 e. The molecule has 0 saturated heterocycles. The lowest BCUT2D eigenvalue weighted by molar-refractivity contribution is 0.707. The SMILES string of the molecule is c1ccc(-c2ccccc2C2c3ccccc3-c3ccc(N(c4ccccc4)c4ccc5c(c4)Sc4ccccc4C54c5ccccc5-c5cccc6cccc4c56)cc32)cc1. The van der Waals surface area contributed by atoms with Crippen LogP contribution in [0.1, 0.15) is 44.9 Å². The van der Waals surface area contributed by atoms with Crippen molar-refractivity contribution >= 4 is 39.6 Å². The molecule has 0 saturated carbocycles. The Labute approximate surface area is 366 Å². The van der Waals surface area contributed by atoms with Gasteiger partial charge in [0.05, 0.1) is 5.41 Å². The summed E-state index contributed by atoms with van der Waals surface area (Å²) in [6, 6.07) is 86.1. The van der Waals surface area contributed by atoms with E-state index in [4.69, 9.17) is 0 Å². The van der Waals surface area contributed by atoms with E-state index >= 15 is 0 Å². The van der Waals surface area contributed by atoms with E-state index in [1.54, 1.807) is 0 Å². The van der Waals surface area contributed by atoms with Gasteiger partial charge in [-0.1, -0.05) is 200 Å². The van der Waals surface area contributed by atoms with Gasteiger partial charge in [0.15, 0.2) is 0 Å². The highest BCUT2D eigenvalue weighted by Crippen LogP contribution is 2.62. The zero-order chi connectivity index (χ0) is 40.8. The molecule has 3 aliphatic rings. The number of benzene rings is 10. The molecule has 290 valence electrons. The summed E-state index contributed by atoms with van der Waals surface area (Å²) in [7, 11) is 0. The predicted molar refractivity (Wildman–Crippen MR) is 258 cm³/mol. The average Bonchev–Trinajstić information content (AvgIpc) is 3.67. The molecule has 2 heteroatoms. The monoisotopic (exact) mass is 805 g/mol. The fourth-order valence-corrected chi connectivity index (χ4v) is 12.4. The average molecular weight is 806 g/mol. The third-order valence-electron chi connectivity index (χ3n) is 13.6. The van der Waals surface area contributed by atoms with Gasteiger partial charge >= 0.3 is 0 Å². The number of nitrogens with zero attached hydrogens (tertiary/aromatic N) is 1. The Morgan fingerprint density at radius 1 is 0.339 bits per heavy atom. The zero-order valence-electron chi connectivity index (χ0n) is 33.9. The molecule has 0 N–H and O–H groups in total. The molecule has 10 aromatic carbocycles. The van der Waals surface area contributed by atoms with Crippen molar-refractivity contribution in [1.82, 2.24) is 0 Å². The smallest absolute Gasteiger partial charge is 0.0735 e. The van der Waals surface area contributed by atoms with Crippen LogP contribution in [0.15, 0.2) is 240 Å². The topological polar surface area (TPSA) is 3.24 Å². The number of hydrogen-bond acceptors (Lipinski definition) is 2. The summed E-state index contributed by atoms with van der Waals surface area (Å²) in [4.78, 5) is 5.03. The quantitative estimate of drug-likeness (QED) is 0.170. The first kappa shape index (κ1) is 35.4. The fraction of sp³-hybridized carbons (Fsp3) is 0.0333. The summed E-state index contributed by atoms with van der Waals surface area (Å²) in [6.07, 6.45) is 0. The van der Waals surface area contributed by atoms with E-state index in [0.29, 0.717) is 0 Å². The van der Waals surface area contributed by atoms with Gasteiger partial charge in [-0.3, -0.25) is 0 Å². The molecule has 0 amide bonds. The van der Waals surface area contributed by atoms with Crippen LogP contribution >= 0.6 is 11.8 Å². The molecular formula is C60H39NS. The largest absolute Gasteiger partial charge is 0.310 e. The van der Waals surface area contributed by atoms with Crippen LogP contribution in [0.25, 0.3) is 44.2 Å². The van der Waals surface area contributed by atoms with Crippen LogP contribution < -0.4 is 4.90 Å². The normalized spacial score (nSPS) is 16.2. The predicted octanol–water partition coefficient (Wildman–Crippen LogP) is 16.0. The van der Waals surface area contributed by atoms with Gasteiger partial charge in [0, 0.05) is 32.8 Å². The molecule has 1 heterocycles. The molecule has 2 aliphatic carbocycles. The Morgan fingerprint density at radius 2 is 0.903 bits per heavy atom. The number of para-hydroxylation sites is 1. The summed E-state index contributed by atoms with van der Waals surface area (Å²) < 4.78 is 0. The van der Waals surface area contributed by atoms with E-state index in [-0.39, 0.29) is 5.92 Å². The molecule has 2 atom stereocenters. The molecule has 1 aliphatic heterocycles. The molecule has 0 aromatic heterocycles. The summed E-state index contributed by atoms with van der Waals surface area (Å²) >= 11 is 1.90. The van der Waals surface area contributed by atoms with E-state index < -0.39 is 5.41 Å². The first-order valence-electron chi connectivity index (χ1n) is 21.5. The Hall–Kier alpha value is -7.39. The molecule has 10 aromatic rings. The lowest BCUT2D eigenvalue weighted by Crippen LogP contribution is -2.36. The molecule has 0 fully saturated rings. The van der Waals surface area contributed by atoms with Crippen molar-refractivity contribution in [2.45, 2.75) is 21.1 Å². The molecular weight excluding hydrogens is 767 g/mol. The summed E-state index contributed by atoms with van der Waals surface area (Å²) in [5, 5.41) is 2.63. The molecule has 1 spiro atoms. The summed E-state index contributed by atoms with van der Waals surface area (Å²) in [6.45, 7) is 0. The Balaban J connectivity index is 1.03. The van der Waals surface area contributed by atoms with Crippen LogP contribution in [0, 0.1) is 0 Å². The standard InChI is InChI=1S/C60H39NS/c1-3-17-39(18-4-1)44-23-7-9-26-48(44)59-49-27-10-8-24-45(49)46-35-33-42(37-51(46)59)61(41-21-5-2-6-22-41)43-34-36-54-57(38-43)62-56-32-14-13-30-53(56)60(54)52-29-12-11-25-47(52)50-28-15-19-40-20-16-31-55(60)58(40)50/h1-38,59H. The van der Waals surface area contributed by atoms with E-state index in [9.17, 15) is 0 Å². The van der Waals surface area contributed by atoms with Crippen LogP contribution in [0.5, 0.6) is 0 Å². The Bertz CT molecular complexity index is 3400. The van der Waals surface area contributed by atoms with Crippen molar-refractivity contribution in [3.8, 4) is 33.4 Å². The van der Waals surface area contributed by atoms with Crippen molar-refractivity contribution in [2.75, 3.05) is 4.90 Å².